The average molecular weight is 263 g/mol. The molecule has 1 aromatic carbocycles. The van der Waals surface area contributed by atoms with E-state index in [2.05, 4.69) is 5.32 Å². The van der Waals surface area contributed by atoms with Crippen molar-refractivity contribution in [2.45, 2.75) is 24.5 Å². The van der Waals surface area contributed by atoms with Crippen LogP contribution >= 0.6 is 0 Å². The number of esters is 1. The third-order valence-corrected chi connectivity index (χ3v) is 3.89. The van der Waals surface area contributed by atoms with Gasteiger partial charge in [0.15, 0.2) is 6.04 Å². The standard InChI is InChI=1S/C14H17NO4/c1-17-8-3-4-11-10(7-8)9-5-6-19-13(9)12(15-11)14(16)18-2/h3-4,7,9,12-13,15H,5-6H2,1-2H3. The molecule has 0 amide bonds. The minimum absolute atomic E-state index is 0.160. The first-order valence-electron chi connectivity index (χ1n) is 6.38. The van der Waals surface area contributed by atoms with E-state index in [1.165, 1.54) is 7.11 Å². The van der Waals surface area contributed by atoms with Gasteiger partial charge in [-0.1, -0.05) is 0 Å². The van der Waals surface area contributed by atoms with E-state index in [0.29, 0.717) is 6.61 Å². The summed E-state index contributed by atoms with van der Waals surface area (Å²) in [6.45, 7) is 0.668. The topological polar surface area (TPSA) is 56.8 Å². The van der Waals surface area contributed by atoms with E-state index in [1.54, 1.807) is 7.11 Å². The predicted molar refractivity (Wildman–Crippen MR) is 69.5 cm³/mol. The fourth-order valence-corrected chi connectivity index (χ4v) is 2.95. The zero-order valence-corrected chi connectivity index (χ0v) is 11.0. The highest BCUT2D eigenvalue weighted by atomic mass is 16.5. The lowest BCUT2D eigenvalue weighted by Crippen LogP contribution is -2.46. The molecule has 1 N–H and O–H groups in total. The molecule has 0 radical (unpaired) electrons. The van der Waals surface area contributed by atoms with E-state index < -0.39 is 6.04 Å². The number of carbonyl (C=O) groups excluding carboxylic acids is 1. The minimum Gasteiger partial charge on any atom is -0.497 e. The summed E-state index contributed by atoms with van der Waals surface area (Å²) in [5.74, 6) is 0.761. The van der Waals surface area contributed by atoms with E-state index in [9.17, 15) is 4.79 Å². The number of methoxy groups -OCH3 is 2. The zero-order chi connectivity index (χ0) is 13.4. The molecule has 2 heterocycles. The highest BCUT2D eigenvalue weighted by molar-refractivity contribution is 5.82. The number of fused-ring (bicyclic) bond motifs is 3. The van der Waals surface area contributed by atoms with Crippen LogP contribution in [0.1, 0.15) is 17.9 Å². The minimum atomic E-state index is -0.432. The largest absolute Gasteiger partial charge is 0.497 e. The first-order valence-corrected chi connectivity index (χ1v) is 6.38. The van der Waals surface area contributed by atoms with Gasteiger partial charge in [-0.15, -0.1) is 0 Å². The number of anilines is 1. The average Bonchev–Trinajstić information content (AvgIpc) is 2.94. The number of hydrogen-bond donors (Lipinski definition) is 1. The summed E-state index contributed by atoms with van der Waals surface area (Å²) in [7, 11) is 3.05. The van der Waals surface area contributed by atoms with E-state index >= 15 is 0 Å². The summed E-state index contributed by atoms with van der Waals surface area (Å²) < 4.78 is 15.8. The maximum Gasteiger partial charge on any atom is 0.331 e. The smallest absolute Gasteiger partial charge is 0.331 e. The monoisotopic (exact) mass is 263 g/mol. The Morgan fingerprint density at radius 1 is 1.42 bits per heavy atom. The van der Waals surface area contributed by atoms with Gasteiger partial charge in [0.05, 0.1) is 20.3 Å². The van der Waals surface area contributed by atoms with Gasteiger partial charge in [0, 0.05) is 18.2 Å². The Morgan fingerprint density at radius 2 is 2.26 bits per heavy atom. The fourth-order valence-electron chi connectivity index (χ4n) is 2.95. The van der Waals surface area contributed by atoms with Gasteiger partial charge in [-0.2, -0.15) is 0 Å². The number of carbonyl (C=O) groups is 1. The summed E-state index contributed by atoms with van der Waals surface area (Å²) >= 11 is 0. The SMILES string of the molecule is COC(=O)C1Nc2ccc(OC)cc2C2CCOC12. The predicted octanol–water partition coefficient (Wildman–Crippen LogP) is 1.53. The van der Waals surface area contributed by atoms with Crippen molar-refractivity contribution in [3.63, 3.8) is 0 Å². The van der Waals surface area contributed by atoms with Crippen LogP contribution < -0.4 is 10.1 Å². The second-order valence-corrected chi connectivity index (χ2v) is 4.83. The molecule has 3 unspecified atom stereocenters. The summed E-state index contributed by atoms with van der Waals surface area (Å²) in [6, 6.07) is 5.41. The fraction of sp³-hybridized carbons (Fsp3) is 0.500. The quantitative estimate of drug-likeness (QED) is 0.820. The number of hydrogen-bond acceptors (Lipinski definition) is 5. The van der Waals surface area contributed by atoms with Crippen LogP contribution in [0.5, 0.6) is 5.75 Å². The molecule has 0 aromatic heterocycles. The third-order valence-electron chi connectivity index (χ3n) is 3.89. The normalized spacial score (nSPS) is 28.0. The van der Waals surface area contributed by atoms with Gasteiger partial charge in [0.2, 0.25) is 0 Å². The van der Waals surface area contributed by atoms with Gasteiger partial charge in [-0.25, -0.2) is 4.79 Å². The van der Waals surface area contributed by atoms with Crippen LogP contribution in [0, 0.1) is 0 Å². The van der Waals surface area contributed by atoms with Gasteiger partial charge in [-0.3, -0.25) is 0 Å². The van der Waals surface area contributed by atoms with E-state index in [1.807, 2.05) is 18.2 Å². The third kappa shape index (κ3) is 1.94. The molecule has 1 aromatic rings. The van der Waals surface area contributed by atoms with Crippen molar-refractivity contribution in [3.05, 3.63) is 23.8 Å². The van der Waals surface area contributed by atoms with E-state index in [0.717, 1.165) is 23.4 Å². The Kier molecular flexibility index (Phi) is 3.06. The molecule has 0 spiro atoms. The molecular weight excluding hydrogens is 246 g/mol. The molecule has 1 fully saturated rings. The number of nitrogens with one attached hydrogen (secondary N) is 1. The zero-order valence-electron chi connectivity index (χ0n) is 11.0. The second-order valence-electron chi connectivity index (χ2n) is 4.83. The van der Waals surface area contributed by atoms with Crippen LogP contribution in [0.3, 0.4) is 0 Å². The van der Waals surface area contributed by atoms with Crippen molar-refractivity contribution in [3.8, 4) is 5.75 Å². The van der Waals surface area contributed by atoms with Gasteiger partial charge in [0.1, 0.15) is 5.75 Å². The number of rotatable bonds is 2. The van der Waals surface area contributed by atoms with Crippen LogP contribution in [0.25, 0.3) is 0 Å². The highest BCUT2D eigenvalue weighted by Gasteiger charge is 2.44. The lowest BCUT2D eigenvalue weighted by Gasteiger charge is -2.34. The van der Waals surface area contributed by atoms with Crippen molar-refractivity contribution in [2.24, 2.45) is 0 Å². The summed E-state index contributed by atoms with van der Waals surface area (Å²) in [5, 5.41) is 3.22. The number of benzene rings is 1. The Hall–Kier alpha value is -1.75. The van der Waals surface area contributed by atoms with Gasteiger partial charge in [-0.05, 0) is 30.2 Å². The molecule has 5 heteroatoms. The summed E-state index contributed by atoms with van der Waals surface area (Å²) in [5.41, 5.74) is 2.12. The lowest BCUT2D eigenvalue weighted by atomic mass is 9.84. The van der Waals surface area contributed by atoms with Crippen LogP contribution in [0.2, 0.25) is 0 Å². The molecule has 102 valence electrons. The molecular formula is C14H17NO4. The Bertz CT molecular complexity index is 502. The molecule has 0 bridgehead atoms. The van der Waals surface area contributed by atoms with E-state index in [4.69, 9.17) is 14.2 Å². The Morgan fingerprint density at radius 3 is 3.00 bits per heavy atom. The Labute approximate surface area is 111 Å². The van der Waals surface area contributed by atoms with Crippen LogP contribution in [-0.4, -0.2) is 38.9 Å². The molecule has 2 aliphatic rings. The molecule has 3 atom stereocenters. The van der Waals surface area contributed by atoms with Gasteiger partial charge < -0.3 is 19.5 Å². The molecule has 19 heavy (non-hydrogen) atoms. The van der Waals surface area contributed by atoms with Crippen LogP contribution in [0.15, 0.2) is 18.2 Å². The maximum atomic E-state index is 11.9. The molecule has 0 aliphatic carbocycles. The second kappa shape index (κ2) is 4.74. The number of ether oxygens (including phenoxy) is 3. The van der Waals surface area contributed by atoms with Crippen molar-refractivity contribution >= 4 is 11.7 Å². The maximum absolute atomic E-state index is 11.9. The Balaban J connectivity index is 2.00. The van der Waals surface area contributed by atoms with Gasteiger partial charge >= 0.3 is 5.97 Å². The first-order chi connectivity index (χ1) is 9.24. The van der Waals surface area contributed by atoms with Gasteiger partial charge in [0.25, 0.3) is 0 Å². The summed E-state index contributed by atoms with van der Waals surface area (Å²) in [4.78, 5) is 11.9. The molecule has 2 aliphatic heterocycles. The lowest BCUT2D eigenvalue weighted by molar-refractivity contribution is -0.144. The van der Waals surface area contributed by atoms with E-state index in [-0.39, 0.29) is 18.0 Å². The van der Waals surface area contributed by atoms with Crippen LogP contribution in [-0.2, 0) is 14.3 Å². The highest BCUT2D eigenvalue weighted by Crippen LogP contribution is 2.43. The molecule has 1 saturated heterocycles. The first kappa shape index (κ1) is 12.3. The molecule has 0 saturated carbocycles. The molecule has 3 rings (SSSR count). The van der Waals surface area contributed by atoms with Crippen molar-refractivity contribution in [1.82, 2.24) is 0 Å². The summed E-state index contributed by atoms with van der Waals surface area (Å²) in [6.07, 6.45) is 0.757. The van der Waals surface area contributed by atoms with Crippen LogP contribution in [0.4, 0.5) is 5.69 Å². The van der Waals surface area contributed by atoms with Crippen molar-refractivity contribution in [2.75, 3.05) is 26.1 Å². The molecule has 5 nitrogen and oxygen atoms in total. The van der Waals surface area contributed by atoms with Crippen molar-refractivity contribution < 1.29 is 19.0 Å². The van der Waals surface area contributed by atoms with Crippen molar-refractivity contribution in [1.29, 1.82) is 0 Å².